The largest absolute Gasteiger partial charge is 0.413 e. The lowest BCUT2D eigenvalue weighted by Gasteiger charge is -2.44. The van der Waals surface area contributed by atoms with Crippen LogP contribution < -0.4 is 0 Å². The van der Waals surface area contributed by atoms with E-state index >= 15 is 0 Å². The Labute approximate surface area is 157 Å². The van der Waals surface area contributed by atoms with E-state index in [2.05, 4.69) is 68.1 Å². The van der Waals surface area contributed by atoms with Crippen LogP contribution in [0.15, 0.2) is 12.2 Å². The molecule has 0 amide bonds. The van der Waals surface area contributed by atoms with Gasteiger partial charge in [0.2, 0.25) is 0 Å². The summed E-state index contributed by atoms with van der Waals surface area (Å²) in [6.45, 7) is 26.8. The van der Waals surface area contributed by atoms with E-state index in [1.165, 1.54) is 0 Å². The molecule has 1 fully saturated rings. The van der Waals surface area contributed by atoms with E-state index in [-0.39, 0.29) is 34.2 Å². The molecule has 25 heavy (non-hydrogen) atoms. The molecule has 0 spiro atoms. The van der Waals surface area contributed by atoms with Crippen molar-refractivity contribution in [2.45, 2.75) is 104 Å². The minimum Gasteiger partial charge on any atom is -0.413 e. The van der Waals surface area contributed by atoms with Crippen LogP contribution in [0.5, 0.6) is 0 Å². The average molecular weight is 371 g/mol. The maximum Gasteiger partial charge on any atom is 0.192 e. The lowest BCUT2D eigenvalue weighted by molar-refractivity contribution is -0.0967. The van der Waals surface area contributed by atoms with E-state index in [0.29, 0.717) is 6.61 Å². The van der Waals surface area contributed by atoms with E-state index in [1.54, 1.807) is 0 Å². The predicted molar refractivity (Wildman–Crippen MR) is 109 cm³/mol. The second kappa shape index (κ2) is 7.45. The summed E-state index contributed by atoms with van der Waals surface area (Å²) < 4.78 is 13.1. The van der Waals surface area contributed by atoms with Crippen LogP contribution in [0, 0.1) is 11.3 Å². The summed E-state index contributed by atoms with van der Waals surface area (Å²) >= 11 is 0. The molecule has 0 heterocycles. The van der Waals surface area contributed by atoms with Crippen LogP contribution in [0.2, 0.25) is 18.1 Å². The van der Waals surface area contributed by atoms with Gasteiger partial charge in [0, 0.05) is 5.92 Å². The minimum absolute atomic E-state index is 0.0359. The molecule has 1 aliphatic rings. The molecule has 0 aromatic rings. The first-order valence-corrected chi connectivity index (χ1v) is 12.6. The van der Waals surface area contributed by atoms with E-state index in [1.807, 2.05) is 6.92 Å². The molecule has 1 aliphatic carbocycles. The molecule has 148 valence electrons. The zero-order valence-electron chi connectivity index (χ0n) is 18.3. The van der Waals surface area contributed by atoms with Gasteiger partial charge in [-0.05, 0) is 55.8 Å². The fourth-order valence-electron chi connectivity index (χ4n) is 3.19. The Morgan fingerprint density at radius 1 is 1.08 bits per heavy atom. The Kier molecular flexibility index (Phi) is 6.82. The van der Waals surface area contributed by atoms with Crippen LogP contribution in [0.4, 0.5) is 0 Å². The second-order valence-corrected chi connectivity index (χ2v) is 15.4. The zero-order chi connectivity index (χ0) is 19.8. The van der Waals surface area contributed by atoms with Crippen molar-refractivity contribution < 1.29 is 14.3 Å². The van der Waals surface area contributed by atoms with Gasteiger partial charge < -0.3 is 14.3 Å². The van der Waals surface area contributed by atoms with Crippen molar-refractivity contribution in [1.29, 1.82) is 0 Å². The molecule has 4 heteroatoms. The van der Waals surface area contributed by atoms with Gasteiger partial charge in [0.1, 0.15) is 0 Å². The third-order valence-electron chi connectivity index (χ3n) is 6.69. The smallest absolute Gasteiger partial charge is 0.192 e. The maximum atomic E-state index is 10.2. The highest BCUT2D eigenvalue weighted by atomic mass is 28.4. The highest BCUT2D eigenvalue weighted by Gasteiger charge is 2.45. The molecule has 0 bridgehead atoms. The third-order valence-corrected chi connectivity index (χ3v) is 11.2. The Morgan fingerprint density at radius 3 is 2.00 bits per heavy atom. The van der Waals surface area contributed by atoms with Crippen LogP contribution in [-0.2, 0) is 9.16 Å². The summed E-state index contributed by atoms with van der Waals surface area (Å²) in [6, 6.07) is 0. The molecule has 4 atom stereocenters. The standard InChI is InChI=1S/C21H42O3Si/c1-15(2)21(9,19(3,4)5)23-14-16-12-17(22)13-18(16)24-25(10,11)20(6,7)8/h16-18,22H,1,12-14H2,2-11H3/t16-,17+,18-,21?/m0/s1. The number of ether oxygens (including phenoxy) is 1. The van der Waals surface area contributed by atoms with Gasteiger partial charge >= 0.3 is 0 Å². The van der Waals surface area contributed by atoms with Gasteiger partial charge in [-0.15, -0.1) is 0 Å². The van der Waals surface area contributed by atoms with Crippen molar-refractivity contribution in [3.05, 3.63) is 12.2 Å². The quantitative estimate of drug-likeness (QED) is 0.492. The van der Waals surface area contributed by atoms with Gasteiger partial charge in [-0.3, -0.25) is 0 Å². The lowest BCUT2D eigenvalue weighted by atomic mass is 9.73. The first kappa shape index (κ1) is 22.9. The molecule has 0 saturated heterocycles. The maximum absolute atomic E-state index is 10.2. The molecule has 0 aliphatic heterocycles. The number of rotatable bonds is 6. The fraction of sp³-hybridized carbons (Fsp3) is 0.905. The molecule has 3 nitrogen and oxygen atoms in total. The van der Waals surface area contributed by atoms with E-state index in [9.17, 15) is 5.11 Å². The van der Waals surface area contributed by atoms with Gasteiger partial charge in [0.25, 0.3) is 0 Å². The van der Waals surface area contributed by atoms with Crippen LogP contribution in [0.1, 0.15) is 68.2 Å². The van der Waals surface area contributed by atoms with Crippen LogP contribution in [0.3, 0.4) is 0 Å². The summed E-state index contributed by atoms with van der Waals surface area (Å²) in [4.78, 5) is 0. The summed E-state index contributed by atoms with van der Waals surface area (Å²) in [5.41, 5.74) is 0.619. The van der Waals surface area contributed by atoms with E-state index in [0.717, 1.165) is 18.4 Å². The van der Waals surface area contributed by atoms with Gasteiger partial charge in [-0.2, -0.15) is 0 Å². The van der Waals surface area contributed by atoms with Gasteiger partial charge in [-0.25, -0.2) is 0 Å². The molecule has 0 aromatic carbocycles. The molecule has 1 rings (SSSR count). The first-order chi connectivity index (χ1) is 11.0. The predicted octanol–water partition coefficient (Wildman–Crippen LogP) is 5.55. The molecule has 1 saturated carbocycles. The number of aliphatic hydroxyl groups is 1. The number of aliphatic hydroxyl groups excluding tert-OH is 1. The fourth-order valence-corrected chi connectivity index (χ4v) is 4.59. The SMILES string of the molecule is C=C(C)C(C)(OC[C@@H]1C[C@@H](O)C[C@@H]1O[Si](C)(C)C(C)(C)C)C(C)(C)C. The van der Waals surface area contributed by atoms with Crippen LogP contribution in [0.25, 0.3) is 0 Å². The Bertz CT molecular complexity index is 473. The van der Waals surface area contributed by atoms with Crippen LogP contribution >= 0.6 is 0 Å². The Morgan fingerprint density at radius 2 is 1.60 bits per heavy atom. The Hall–Kier alpha value is -0.163. The topological polar surface area (TPSA) is 38.7 Å². The summed E-state index contributed by atoms with van der Waals surface area (Å²) in [6.07, 6.45) is 1.29. The van der Waals surface area contributed by atoms with Crippen molar-refractivity contribution in [3.63, 3.8) is 0 Å². The van der Waals surface area contributed by atoms with Crippen LogP contribution in [-0.4, -0.2) is 37.8 Å². The minimum atomic E-state index is -1.86. The van der Waals surface area contributed by atoms with Gasteiger partial charge in [0.05, 0.1) is 24.4 Å². The summed E-state index contributed by atoms with van der Waals surface area (Å²) in [7, 11) is -1.86. The Balaban J connectivity index is 2.87. The number of hydrogen-bond acceptors (Lipinski definition) is 3. The van der Waals surface area contributed by atoms with Crippen molar-refractivity contribution in [2.75, 3.05) is 6.61 Å². The van der Waals surface area contributed by atoms with Gasteiger partial charge in [0.15, 0.2) is 8.32 Å². The third kappa shape index (κ3) is 5.18. The molecule has 1 unspecified atom stereocenters. The van der Waals surface area contributed by atoms with Gasteiger partial charge in [-0.1, -0.05) is 48.1 Å². The van der Waals surface area contributed by atoms with E-state index in [4.69, 9.17) is 9.16 Å². The van der Waals surface area contributed by atoms with Crippen molar-refractivity contribution in [2.24, 2.45) is 11.3 Å². The molecule has 0 aromatic heterocycles. The zero-order valence-corrected chi connectivity index (χ0v) is 19.3. The van der Waals surface area contributed by atoms with Crippen molar-refractivity contribution >= 4 is 8.32 Å². The lowest BCUT2D eigenvalue weighted by Crippen LogP contribution is -2.47. The normalized spacial score (nSPS) is 28.0. The van der Waals surface area contributed by atoms with Crippen molar-refractivity contribution in [1.82, 2.24) is 0 Å². The monoisotopic (exact) mass is 370 g/mol. The highest BCUT2D eigenvalue weighted by Crippen LogP contribution is 2.43. The average Bonchev–Trinajstić information content (AvgIpc) is 2.72. The molecular formula is C21H42O3Si. The molecule has 0 radical (unpaired) electrons. The summed E-state index contributed by atoms with van der Waals surface area (Å²) in [5, 5.41) is 10.4. The van der Waals surface area contributed by atoms with Crippen molar-refractivity contribution in [3.8, 4) is 0 Å². The number of hydrogen-bond donors (Lipinski definition) is 1. The second-order valence-electron chi connectivity index (χ2n) is 10.7. The summed E-state index contributed by atoms with van der Waals surface area (Å²) in [5.74, 6) is 0.241. The highest BCUT2D eigenvalue weighted by molar-refractivity contribution is 6.74. The molecular weight excluding hydrogens is 328 g/mol. The first-order valence-electron chi connectivity index (χ1n) is 9.67. The van der Waals surface area contributed by atoms with E-state index < -0.39 is 8.32 Å². The molecule has 1 N–H and O–H groups in total.